The van der Waals surface area contributed by atoms with Gasteiger partial charge in [-0.3, -0.25) is 9.59 Å². The van der Waals surface area contributed by atoms with Gasteiger partial charge in [0.15, 0.2) is 5.03 Å². The van der Waals surface area contributed by atoms with Gasteiger partial charge in [-0.15, -0.1) is 0 Å². The van der Waals surface area contributed by atoms with E-state index in [9.17, 15) is 18.0 Å². The standard InChI is InChI=1S/C19H18N2O.C8H16O2.C7H13N3O2S/c1-14(2)21-19(22)18(16-11-7-4-8-12-16)17(13-20-21)15-9-5-3-6-10-15;1-6(2)7(9)10-8(3,4)5;1-6(2)9-13(11,12)7-4-10(3)5-8-7/h3-14H,1-2H3;6H,1-5H3;4-6,9H,1-3H3. The number of carbonyl (C=O) groups is 1. The van der Waals surface area contributed by atoms with Crippen molar-refractivity contribution >= 4 is 16.0 Å². The molecule has 0 unspecified atom stereocenters. The van der Waals surface area contributed by atoms with Gasteiger partial charge < -0.3 is 9.30 Å². The number of nitrogens with zero attached hydrogens (tertiary/aromatic N) is 4. The van der Waals surface area contributed by atoms with Crippen LogP contribution in [0.2, 0.25) is 0 Å². The third-order valence-corrected chi connectivity index (χ3v) is 7.41. The average Bonchev–Trinajstić information content (AvgIpc) is 3.40. The van der Waals surface area contributed by atoms with Crippen LogP contribution < -0.4 is 10.3 Å². The second-order valence-corrected chi connectivity index (χ2v) is 14.0. The lowest BCUT2D eigenvalue weighted by atomic mass is 9.97. The quantitative estimate of drug-likeness (QED) is 0.238. The molecule has 0 fully saturated rings. The minimum absolute atomic E-state index is 0.0276. The van der Waals surface area contributed by atoms with Crippen molar-refractivity contribution in [2.24, 2.45) is 13.0 Å². The summed E-state index contributed by atoms with van der Waals surface area (Å²) in [7, 11) is -1.70. The van der Waals surface area contributed by atoms with Gasteiger partial charge in [-0.25, -0.2) is 22.8 Å². The Bertz CT molecular complexity index is 1670. The van der Waals surface area contributed by atoms with Crippen molar-refractivity contribution in [3.63, 3.8) is 0 Å². The molecule has 11 heteroatoms. The summed E-state index contributed by atoms with van der Waals surface area (Å²) < 4.78 is 33.6. The molecule has 0 atom stereocenters. The highest BCUT2D eigenvalue weighted by Gasteiger charge is 2.19. The lowest BCUT2D eigenvalue weighted by molar-refractivity contribution is -0.158. The molecule has 0 saturated heterocycles. The number of esters is 1. The topological polar surface area (TPSA) is 125 Å². The fourth-order valence-corrected chi connectivity index (χ4v) is 5.11. The fourth-order valence-electron chi connectivity index (χ4n) is 3.87. The SMILES string of the molecule is CC(C)C(=O)OC(C)(C)C.CC(C)NS(=O)(=O)c1cn(C)cn1.CC(C)n1ncc(-c2ccccc2)c(-c2ccccc2)c1=O. The molecule has 0 saturated carbocycles. The summed E-state index contributed by atoms with van der Waals surface area (Å²) >= 11 is 0. The van der Waals surface area contributed by atoms with Gasteiger partial charge in [0.2, 0.25) is 0 Å². The molecule has 0 amide bonds. The lowest BCUT2D eigenvalue weighted by Crippen LogP contribution is -2.30. The van der Waals surface area contributed by atoms with Crippen LogP contribution in [-0.2, 0) is 26.6 Å². The van der Waals surface area contributed by atoms with Gasteiger partial charge in [0.1, 0.15) is 5.60 Å². The van der Waals surface area contributed by atoms with Crippen molar-refractivity contribution in [3.8, 4) is 22.3 Å². The number of rotatable bonds is 7. The Hall–Kier alpha value is -4.09. The van der Waals surface area contributed by atoms with Gasteiger partial charge in [0.05, 0.1) is 30.0 Å². The number of aryl methyl sites for hydroxylation is 1. The van der Waals surface area contributed by atoms with Gasteiger partial charge in [-0.1, -0.05) is 74.5 Å². The van der Waals surface area contributed by atoms with E-state index in [1.807, 2.05) is 109 Å². The maximum atomic E-state index is 12.9. The van der Waals surface area contributed by atoms with Crippen molar-refractivity contribution in [1.29, 1.82) is 0 Å². The van der Waals surface area contributed by atoms with Gasteiger partial charge in [0.25, 0.3) is 15.6 Å². The van der Waals surface area contributed by atoms with Crippen molar-refractivity contribution in [2.75, 3.05) is 0 Å². The average molecular weight is 638 g/mol. The van der Waals surface area contributed by atoms with E-state index in [0.717, 1.165) is 16.7 Å². The Morgan fingerprint density at radius 3 is 1.82 bits per heavy atom. The van der Waals surface area contributed by atoms with Crippen LogP contribution in [0, 0.1) is 5.92 Å². The normalized spacial score (nSPS) is 11.5. The summed E-state index contributed by atoms with van der Waals surface area (Å²) in [4.78, 5) is 27.6. The molecule has 10 nitrogen and oxygen atoms in total. The van der Waals surface area contributed by atoms with Crippen molar-refractivity contribution in [3.05, 3.63) is 89.7 Å². The second-order valence-electron chi connectivity index (χ2n) is 12.4. The third-order valence-electron chi connectivity index (χ3n) is 5.86. The minimum Gasteiger partial charge on any atom is -0.460 e. The summed E-state index contributed by atoms with van der Waals surface area (Å²) in [5.41, 5.74) is 3.10. The summed E-state index contributed by atoms with van der Waals surface area (Å²) in [6, 6.07) is 19.6. The second kappa shape index (κ2) is 16.3. The molecular weight excluding hydrogens is 590 g/mol. The molecule has 4 aromatic rings. The zero-order valence-electron chi connectivity index (χ0n) is 28.0. The van der Waals surface area contributed by atoms with Crippen LogP contribution >= 0.6 is 0 Å². The number of hydrogen-bond acceptors (Lipinski definition) is 7. The van der Waals surface area contributed by atoms with E-state index in [2.05, 4.69) is 14.8 Å². The van der Waals surface area contributed by atoms with Crippen LogP contribution in [0.15, 0.2) is 89.2 Å². The van der Waals surface area contributed by atoms with Crippen molar-refractivity contribution in [1.82, 2.24) is 24.1 Å². The molecule has 2 aromatic heterocycles. The number of ether oxygens (including phenoxy) is 1. The molecule has 2 aromatic carbocycles. The largest absolute Gasteiger partial charge is 0.460 e. The van der Waals surface area contributed by atoms with E-state index in [4.69, 9.17) is 4.74 Å². The summed E-state index contributed by atoms with van der Waals surface area (Å²) in [5, 5.41) is 4.40. The monoisotopic (exact) mass is 637 g/mol. The van der Waals surface area contributed by atoms with Crippen LogP contribution in [0.5, 0.6) is 0 Å². The smallest absolute Gasteiger partial charge is 0.308 e. The number of carbonyl (C=O) groups excluding carboxylic acids is 1. The number of imidazole rings is 1. The summed E-state index contributed by atoms with van der Waals surface area (Å²) in [6.07, 6.45) is 4.71. The number of aromatic nitrogens is 4. The van der Waals surface area contributed by atoms with Gasteiger partial charge in [0, 0.05) is 24.8 Å². The molecule has 0 bridgehead atoms. The molecule has 4 rings (SSSR count). The van der Waals surface area contributed by atoms with E-state index in [1.54, 1.807) is 31.7 Å². The molecule has 0 aliphatic rings. The zero-order chi connectivity index (χ0) is 33.9. The molecular formula is C34H47N5O5S. The molecule has 2 heterocycles. The molecule has 0 aliphatic carbocycles. The van der Waals surface area contributed by atoms with Gasteiger partial charge in [-0.05, 0) is 59.6 Å². The first-order valence-electron chi connectivity index (χ1n) is 14.9. The molecule has 244 valence electrons. The zero-order valence-corrected chi connectivity index (χ0v) is 28.8. The van der Waals surface area contributed by atoms with E-state index < -0.39 is 10.0 Å². The van der Waals surface area contributed by atoms with Crippen LogP contribution in [0.4, 0.5) is 0 Å². The predicted octanol–water partition coefficient (Wildman–Crippen LogP) is 6.25. The Morgan fingerprint density at radius 1 is 0.889 bits per heavy atom. The van der Waals surface area contributed by atoms with Crippen LogP contribution in [0.3, 0.4) is 0 Å². The van der Waals surface area contributed by atoms with Crippen LogP contribution in [0.1, 0.15) is 68.4 Å². The maximum Gasteiger partial charge on any atom is 0.308 e. The molecule has 45 heavy (non-hydrogen) atoms. The third kappa shape index (κ3) is 11.7. The molecule has 0 aliphatic heterocycles. The van der Waals surface area contributed by atoms with E-state index >= 15 is 0 Å². The van der Waals surface area contributed by atoms with Crippen molar-refractivity contribution in [2.45, 2.75) is 85.0 Å². The number of sulfonamides is 1. The number of hydrogen-bond donors (Lipinski definition) is 1. The number of nitrogens with one attached hydrogen (secondary N) is 1. The Labute approximate surface area is 267 Å². The van der Waals surface area contributed by atoms with E-state index in [-0.39, 0.29) is 40.2 Å². The van der Waals surface area contributed by atoms with Crippen molar-refractivity contribution < 1.29 is 17.9 Å². The highest BCUT2D eigenvalue weighted by Crippen LogP contribution is 2.28. The maximum absolute atomic E-state index is 12.9. The van der Waals surface area contributed by atoms with E-state index in [0.29, 0.717) is 5.56 Å². The van der Waals surface area contributed by atoms with E-state index in [1.165, 1.54) is 17.2 Å². The molecule has 0 spiro atoms. The number of benzene rings is 2. The Kier molecular flexibility index (Phi) is 13.4. The molecule has 1 N–H and O–H groups in total. The molecule has 0 radical (unpaired) electrons. The fraction of sp³-hybridized carbons (Fsp3) is 0.412. The first-order valence-corrected chi connectivity index (χ1v) is 16.4. The highest BCUT2D eigenvalue weighted by atomic mass is 32.2. The minimum atomic E-state index is -3.42. The predicted molar refractivity (Wildman–Crippen MR) is 179 cm³/mol. The lowest BCUT2D eigenvalue weighted by Gasteiger charge is -2.20. The first-order chi connectivity index (χ1) is 20.9. The Morgan fingerprint density at radius 2 is 1.42 bits per heavy atom. The van der Waals surface area contributed by atoms with Gasteiger partial charge >= 0.3 is 5.97 Å². The van der Waals surface area contributed by atoms with Gasteiger partial charge in [-0.2, -0.15) is 5.10 Å². The van der Waals surface area contributed by atoms with Crippen LogP contribution in [-0.4, -0.2) is 45.4 Å². The summed E-state index contributed by atoms with van der Waals surface area (Å²) in [5.74, 6) is -0.160. The van der Waals surface area contributed by atoms with Crippen LogP contribution in [0.25, 0.3) is 22.3 Å². The first kappa shape index (κ1) is 37.1. The highest BCUT2D eigenvalue weighted by molar-refractivity contribution is 7.89. The summed E-state index contributed by atoms with van der Waals surface area (Å²) in [6.45, 7) is 16.7. The Balaban J connectivity index is 0.000000262.